The number of carboxylic acid groups (broad SMARTS) is 1. The summed E-state index contributed by atoms with van der Waals surface area (Å²) >= 11 is 5.66. The van der Waals surface area contributed by atoms with Crippen LogP contribution in [0, 0.1) is 5.82 Å². The van der Waals surface area contributed by atoms with Gasteiger partial charge in [0, 0.05) is 17.3 Å². The molecule has 0 fully saturated rings. The Hall–Kier alpha value is -2.47. The maximum absolute atomic E-state index is 13.9. The van der Waals surface area contributed by atoms with Gasteiger partial charge in [0.1, 0.15) is 11.0 Å². The Balaban J connectivity index is 2.58. The summed E-state index contributed by atoms with van der Waals surface area (Å²) in [4.78, 5) is 26.2. The molecule has 0 aliphatic carbocycles. The number of hydrogen-bond acceptors (Lipinski definition) is 4. The number of aromatic nitrogens is 1. The second-order valence-electron chi connectivity index (χ2n) is 4.05. The highest BCUT2D eigenvalue weighted by Gasteiger charge is 2.15. The van der Waals surface area contributed by atoms with Crippen LogP contribution < -0.4 is 0 Å². The Bertz CT molecular complexity index is 733. The largest absolute Gasteiger partial charge is 0.478 e. The Labute approximate surface area is 124 Å². The van der Waals surface area contributed by atoms with Crippen molar-refractivity contribution in [2.24, 2.45) is 0 Å². The number of carbonyl (C=O) groups excluding carboxylic acids is 1. The molecule has 0 radical (unpaired) electrons. The first kappa shape index (κ1) is 14.9. The molecule has 0 saturated carbocycles. The van der Waals surface area contributed by atoms with Crippen molar-refractivity contribution >= 4 is 23.5 Å². The molecule has 1 aromatic heterocycles. The molecule has 1 aromatic carbocycles. The topological polar surface area (TPSA) is 76.5 Å². The van der Waals surface area contributed by atoms with Gasteiger partial charge in [0.05, 0.1) is 18.2 Å². The number of esters is 1. The van der Waals surface area contributed by atoms with E-state index in [1.54, 1.807) is 0 Å². The Kier molecular flexibility index (Phi) is 4.18. The molecule has 0 amide bonds. The number of carboxylic acids is 1. The zero-order valence-corrected chi connectivity index (χ0v) is 11.5. The molecule has 1 N–H and O–H groups in total. The smallest absolute Gasteiger partial charge is 0.338 e. The van der Waals surface area contributed by atoms with E-state index in [1.165, 1.54) is 31.5 Å². The fourth-order valence-corrected chi connectivity index (χ4v) is 1.92. The summed E-state index contributed by atoms with van der Waals surface area (Å²) in [5.41, 5.74) is 0.113. The lowest BCUT2D eigenvalue weighted by molar-refractivity contribution is 0.0599. The Morgan fingerprint density at radius 1 is 1.33 bits per heavy atom. The van der Waals surface area contributed by atoms with Crippen molar-refractivity contribution in [1.82, 2.24) is 4.98 Å². The van der Waals surface area contributed by atoms with E-state index < -0.39 is 17.8 Å². The quantitative estimate of drug-likeness (QED) is 0.696. The van der Waals surface area contributed by atoms with Gasteiger partial charge in [-0.3, -0.25) is 0 Å². The van der Waals surface area contributed by atoms with Gasteiger partial charge in [0.25, 0.3) is 0 Å². The van der Waals surface area contributed by atoms with Crippen molar-refractivity contribution in [2.75, 3.05) is 7.11 Å². The van der Waals surface area contributed by atoms with Crippen LogP contribution in [0.3, 0.4) is 0 Å². The highest BCUT2D eigenvalue weighted by Crippen LogP contribution is 2.26. The first-order chi connectivity index (χ1) is 9.93. The normalized spacial score (nSPS) is 10.2. The molecule has 0 unspecified atom stereocenters. The molecule has 5 nitrogen and oxygen atoms in total. The van der Waals surface area contributed by atoms with Gasteiger partial charge >= 0.3 is 11.9 Å². The minimum atomic E-state index is -1.28. The minimum absolute atomic E-state index is 0.0320. The molecule has 2 aromatic rings. The van der Waals surface area contributed by atoms with Crippen molar-refractivity contribution in [3.8, 4) is 11.1 Å². The lowest BCUT2D eigenvalue weighted by Gasteiger charge is -2.07. The molecule has 0 atom stereocenters. The van der Waals surface area contributed by atoms with Crippen LogP contribution >= 0.6 is 11.6 Å². The molecule has 0 bridgehead atoms. The van der Waals surface area contributed by atoms with E-state index in [9.17, 15) is 14.0 Å². The second kappa shape index (κ2) is 5.88. The van der Waals surface area contributed by atoms with Crippen molar-refractivity contribution < 1.29 is 23.8 Å². The van der Waals surface area contributed by atoms with Crippen LogP contribution in [-0.4, -0.2) is 29.1 Å². The SMILES string of the molecule is COC(=O)c1ccc(F)c(-c2cnc(Cl)c(C(=O)O)c2)c1. The number of methoxy groups -OCH3 is 1. The summed E-state index contributed by atoms with van der Waals surface area (Å²) in [5.74, 6) is -2.53. The predicted molar refractivity (Wildman–Crippen MR) is 72.9 cm³/mol. The number of pyridine rings is 1. The first-order valence-electron chi connectivity index (χ1n) is 5.71. The number of halogens is 2. The average molecular weight is 310 g/mol. The standard InChI is InChI=1S/C14H9ClFNO4/c1-21-14(20)7-2-3-11(16)9(4-7)8-5-10(13(18)19)12(15)17-6-8/h2-6H,1H3,(H,18,19). The third kappa shape index (κ3) is 3.00. The van der Waals surface area contributed by atoms with E-state index in [0.717, 1.165) is 6.07 Å². The van der Waals surface area contributed by atoms with E-state index in [-0.39, 0.29) is 27.4 Å². The van der Waals surface area contributed by atoms with Crippen molar-refractivity contribution in [3.63, 3.8) is 0 Å². The summed E-state index contributed by atoms with van der Waals surface area (Å²) in [7, 11) is 1.21. The summed E-state index contributed by atoms with van der Waals surface area (Å²) in [6.45, 7) is 0. The first-order valence-corrected chi connectivity index (χ1v) is 6.09. The van der Waals surface area contributed by atoms with Gasteiger partial charge in [-0.2, -0.15) is 0 Å². The van der Waals surface area contributed by atoms with Crippen molar-refractivity contribution in [1.29, 1.82) is 0 Å². The highest BCUT2D eigenvalue weighted by molar-refractivity contribution is 6.32. The molecule has 0 spiro atoms. The predicted octanol–water partition coefficient (Wildman–Crippen LogP) is 3.03. The second-order valence-corrected chi connectivity index (χ2v) is 4.41. The molecule has 7 heteroatoms. The number of carbonyl (C=O) groups is 2. The number of benzene rings is 1. The van der Waals surface area contributed by atoms with Gasteiger partial charge in [0.2, 0.25) is 0 Å². The monoisotopic (exact) mass is 309 g/mol. The molecular formula is C14H9ClFNO4. The lowest BCUT2D eigenvalue weighted by atomic mass is 10.0. The van der Waals surface area contributed by atoms with E-state index in [4.69, 9.17) is 16.7 Å². The van der Waals surface area contributed by atoms with Crippen LogP contribution in [0.5, 0.6) is 0 Å². The van der Waals surface area contributed by atoms with Gasteiger partial charge in [0.15, 0.2) is 0 Å². The number of rotatable bonds is 3. The zero-order valence-electron chi connectivity index (χ0n) is 10.8. The van der Waals surface area contributed by atoms with Gasteiger partial charge in [-0.25, -0.2) is 19.0 Å². The van der Waals surface area contributed by atoms with Crippen molar-refractivity contribution in [3.05, 3.63) is 52.6 Å². The maximum atomic E-state index is 13.9. The minimum Gasteiger partial charge on any atom is -0.478 e. The molecule has 0 aliphatic heterocycles. The van der Waals surface area contributed by atoms with Crippen LogP contribution in [0.4, 0.5) is 4.39 Å². The highest BCUT2D eigenvalue weighted by atomic mass is 35.5. The number of hydrogen-bond donors (Lipinski definition) is 1. The molecule has 21 heavy (non-hydrogen) atoms. The fourth-order valence-electron chi connectivity index (χ4n) is 1.74. The number of ether oxygens (including phenoxy) is 1. The molecule has 0 saturated heterocycles. The van der Waals surface area contributed by atoms with Crippen LogP contribution in [0.1, 0.15) is 20.7 Å². The summed E-state index contributed by atoms with van der Waals surface area (Å²) in [5, 5.41) is 8.80. The van der Waals surface area contributed by atoms with Gasteiger partial charge in [-0.15, -0.1) is 0 Å². The van der Waals surface area contributed by atoms with E-state index in [1.807, 2.05) is 0 Å². The Morgan fingerprint density at radius 3 is 2.67 bits per heavy atom. The molecular weight excluding hydrogens is 301 g/mol. The van der Waals surface area contributed by atoms with Crippen LogP contribution in [0.25, 0.3) is 11.1 Å². The fraction of sp³-hybridized carbons (Fsp3) is 0.0714. The van der Waals surface area contributed by atoms with Gasteiger partial charge in [-0.1, -0.05) is 11.6 Å². The third-order valence-corrected chi connectivity index (χ3v) is 3.07. The molecule has 1 heterocycles. The van der Waals surface area contributed by atoms with Gasteiger partial charge < -0.3 is 9.84 Å². The summed E-state index contributed by atoms with van der Waals surface area (Å²) < 4.78 is 18.5. The third-order valence-electron chi connectivity index (χ3n) is 2.77. The van der Waals surface area contributed by atoms with Gasteiger partial charge in [-0.05, 0) is 24.3 Å². The van der Waals surface area contributed by atoms with Crippen LogP contribution in [-0.2, 0) is 4.74 Å². The molecule has 108 valence electrons. The number of aromatic carboxylic acids is 1. The Morgan fingerprint density at radius 2 is 2.05 bits per heavy atom. The van der Waals surface area contributed by atoms with E-state index in [2.05, 4.69) is 9.72 Å². The van der Waals surface area contributed by atoms with E-state index in [0.29, 0.717) is 0 Å². The summed E-state index contributed by atoms with van der Waals surface area (Å²) in [6, 6.07) is 4.82. The molecule has 2 rings (SSSR count). The summed E-state index contributed by atoms with van der Waals surface area (Å²) in [6.07, 6.45) is 1.23. The van der Waals surface area contributed by atoms with Crippen LogP contribution in [0.15, 0.2) is 30.5 Å². The maximum Gasteiger partial charge on any atom is 0.338 e. The number of nitrogens with zero attached hydrogens (tertiary/aromatic N) is 1. The average Bonchev–Trinajstić information content (AvgIpc) is 2.47. The van der Waals surface area contributed by atoms with Crippen LogP contribution in [0.2, 0.25) is 5.15 Å². The molecule has 0 aliphatic rings. The van der Waals surface area contributed by atoms with E-state index >= 15 is 0 Å². The lowest BCUT2D eigenvalue weighted by Crippen LogP contribution is -2.03. The van der Waals surface area contributed by atoms with Crippen molar-refractivity contribution in [2.45, 2.75) is 0 Å². The zero-order chi connectivity index (χ0) is 15.6.